The molecule has 0 saturated carbocycles. The van der Waals surface area contributed by atoms with Crippen molar-refractivity contribution in [1.29, 1.82) is 0 Å². The van der Waals surface area contributed by atoms with Crippen LogP contribution in [0.15, 0.2) is 12.1 Å². The van der Waals surface area contributed by atoms with Crippen LogP contribution in [0.4, 0.5) is 4.79 Å². The number of nitrogens with one attached hydrogen (secondary N) is 1. The smallest absolute Gasteiger partial charge is 0.317 e. The molecule has 0 aliphatic carbocycles. The predicted molar refractivity (Wildman–Crippen MR) is 81.6 cm³/mol. The first kappa shape index (κ1) is 15.8. The quantitative estimate of drug-likeness (QED) is 0.857. The molecule has 1 aromatic rings. The van der Waals surface area contributed by atoms with Gasteiger partial charge in [0.05, 0.1) is 13.1 Å². The molecule has 1 saturated heterocycles. The molecule has 116 valence electrons. The second-order valence-electron chi connectivity index (χ2n) is 5.04. The Morgan fingerprint density at radius 3 is 2.48 bits per heavy atom. The van der Waals surface area contributed by atoms with E-state index in [0.717, 1.165) is 11.3 Å². The SMILES string of the molecule is CCc1ccc(CNC(=O)N2CCN(CC(=O)O)CC2)s1. The number of hydrogen-bond donors (Lipinski definition) is 2. The first-order valence-corrected chi connectivity index (χ1v) is 7.94. The van der Waals surface area contributed by atoms with Crippen molar-refractivity contribution in [2.24, 2.45) is 0 Å². The number of carboxylic acid groups (broad SMARTS) is 1. The molecule has 1 aliphatic rings. The number of piperazine rings is 1. The summed E-state index contributed by atoms with van der Waals surface area (Å²) in [7, 11) is 0. The van der Waals surface area contributed by atoms with Gasteiger partial charge >= 0.3 is 12.0 Å². The summed E-state index contributed by atoms with van der Waals surface area (Å²) in [6, 6.07) is 4.07. The van der Waals surface area contributed by atoms with Crippen molar-refractivity contribution in [2.45, 2.75) is 19.9 Å². The van der Waals surface area contributed by atoms with Gasteiger partial charge in [-0.1, -0.05) is 6.92 Å². The number of thiophene rings is 1. The highest BCUT2D eigenvalue weighted by Gasteiger charge is 2.21. The minimum absolute atomic E-state index is 0.0461. The second kappa shape index (κ2) is 7.42. The average Bonchev–Trinajstić information content (AvgIpc) is 2.93. The number of rotatable bonds is 5. The summed E-state index contributed by atoms with van der Waals surface area (Å²) in [5, 5.41) is 11.7. The Morgan fingerprint density at radius 2 is 1.90 bits per heavy atom. The fourth-order valence-electron chi connectivity index (χ4n) is 2.28. The fourth-order valence-corrected chi connectivity index (χ4v) is 3.18. The average molecular weight is 311 g/mol. The normalized spacial score (nSPS) is 16.0. The molecule has 2 rings (SSSR count). The Balaban J connectivity index is 1.73. The molecule has 2 heterocycles. The lowest BCUT2D eigenvalue weighted by atomic mass is 10.3. The van der Waals surface area contributed by atoms with Gasteiger partial charge in [-0.25, -0.2) is 4.79 Å². The molecule has 0 radical (unpaired) electrons. The number of aliphatic carboxylic acids is 1. The molecule has 0 bridgehead atoms. The number of amides is 2. The van der Waals surface area contributed by atoms with Gasteiger partial charge in [-0.3, -0.25) is 9.69 Å². The lowest BCUT2D eigenvalue weighted by Gasteiger charge is -2.33. The van der Waals surface area contributed by atoms with E-state index in [1.54, 1.807) is 16.2 Å². The third-order valence-electron chi connectivity index (χ3n) is 3.50. The van der Waals surface area contributed by atoms with Gasteiger partial charge in [-0.05, 0) is 18.6 Å². The van der Waals surface area contributed by atoms with E-state index >= 15 is 0 Å². The van der Waals surface area contributed by atoms with Crippen LogP contribution in [0.3, 0.4) is 0 Å². The van der Waals surface area contributed by atoms with Crippen LogP contribution >= 0.6 is 11.3 Å². The van der Waals surface area contributed by atoms with Crippen molar-refractivity contribution >= 4 is 23.3 Å². The van der Waals surface area contributed by atoms with Crippen LogP contribution in [-0.4, -0.2) is 59.6 Å². The summed E-state index contributed by atoms with van der Waals surface area (Å²) >= 11 is 1.72. The number of carbonyl (C=O) groups is 2. The number of aryl methyl sites for hydroxylation is 1. The zero-order chi connectivity index (χ0) is 15.2. The number of carbonyl (C=O) groups excluding carboxylic acids is 1. The van der Waals surface area contributed by atoms with Crippen LogP contribution in [0.25, 0.3) is 0 Å². The molecule has 0 atom stereocenters. The van der Waals surface area contributed by atoms with E-state index in [-0.39, 0.29) is 12.6 Å². The molecule has 21 heavy (non-hydrogen) atoms. The van der Waals surface area contributed by atoms with Crippen molar-refractivity contribution in [3.63, 3.8) is 0 Å². The minimum Gasteiger partial charge on any atom is -0.480 e. The van der Waals surface area contributed by atoms with Gasteiger partial charge in [-0.15, -0.1) is 11.3 Å². The van der Waals surface area contributed by atoms with Crippen LogP contribution in [0.2, 0.25) is 0 Å². The lowest BCUT2D eigenvalue weighted by molar-refractivity contribution is -0.138. The monoisotopic (exact) mass is 311 g/mol. The summed E-state index contributed by atoms with van der Waals surface area (Å²) in [4.78, 5) is 28.8. The maximum absolute atomic E-state index is 12.1. The van der Waals surface area contributed by atoms with E-state index in [2.05, 4.69) is 24.4 Å². The predicted octanol–water partition coefficient (Wildman–Crippen LogP) is 1.22. The van der Waals surface area contributed by atoms with Gasteiger partial charge in [-0.2, -0.15) is 0 Å². The molecule has 0 aromatic carbocycles. The maximum Gasteiger partial charge on any atom is 0.317 e. The molecule has 2 N–H and O–H groups in total. The first-order chi connectivity index (χ1) is 10.1. The summed E-state index contributed by atoms with van der Waals surface area (Å²) in [6.45, 7) is 5.08. The van der Waals surface area contributed by atoms with E-state index in [4.69, 9.17) is 5.11 Å². The molecule has 0 spiro atoms. The molecular weight excluding hydrogens is 290 g/mol. The Hall–Kier alpha value is -1.60. The van der Waals surface area contributed by atoms with Crippen molar-refractivity contribution in [1.82, 2.24) is 15.1 Å². The van der Waals surface area contributed by atoms with E-state index in [9.17, 15) is 9.59 Å². The molecule has 2 amide bonds. The van der Waals surface area contributed by atoms with Gasteiger partial charge in [0.15, 0.2) is 0 Å². The largest absolute Gasteiger partial charge is 0.480 e. The van der Waals surface area contributed by atoms with Crippen LogP contribution < -0.4 is 5.32 Å². The Morgan fingerprint density at radius 1 is 1.24 bits per heavy atom. The molecule has 1 aliphatic heterocycles. The van der Waals surface area contributed by atoms with Crippen molar-refractivity contribution in [3.8, 4) is 0 Å². The summed E-state index contributed by atoms with van der Waals surface area (Å²) < 4.78 is 0. The van der Waals surface area contributed by atoms with Gasteiger partial charge in [0.25, 0.3) is 0 Å². The minimum atomic E-state index is -0.822. The molecule has 0 unspecified atom stereocenters. The maximum atomic E-state index is 12.1. The Kier molecular flexibility index (Phi) is 5.58. The molecular formula is C14H21N3O3S. The van der Waals surface area contributed by atoms with Gasteiger partial charge < -0.3 is 15.3 Å². The van der Waals surface area contributed by atoms with Crippen molar-refractivity contribution in [2.75, 3.05) is 32.7 Å². The third kappa shape index (κ3) is 4.71. The topological polar surface area (TPSA) is 72.9 Å². The summed E-state index contributed by atoms with van der Waals surface area (Å²) in [6.07, 6.45) is 1.02. The number of urea groups is 1. The Labute approximate surface area is 128 Å². The van der Waals surface area contributed by atoms with Gasteiger partial charge in [0.1, 0.15) is 0 Å². The highest BCUT2D eigenvalue weighted by Crippen LogP contribution is 2.16. The lowest BCUT2D eigenvalue weighted by Crippen LogP contribution is -2.52. The van der Waals surface area contributed by atoms with E-state index in [1.807, 2.05) is 4.90 Å². The van der Waals surface area contributed by atoms with Crippen LogP contribution in [0.1, 0.15) is 16.7 Å². The number of hydrogen-bond acceptors (Lipinski definition) is 4. The number of nitrogens with zero attached hydrogens (tertiary/aromatic N) is 2. The highest BCUT2D eigenvalue weighted by molar-refractivity contribution is 7.11. The first-order valence-electron chi connectivity index (χ1n) is 7.13. The summed E-state index contributed by atoms with van der Waals surface area (Å²) in [5.74, 6) is -0.822. The highest BCUT2D eigenvalue weighted by atomic mass is 32.1. The molecule has 7 heteroatoms. The fraction of sp³-hybridized carbons (Fsp3) is 0.571. The number of carboxylic acids is 1. The zero-order valence-electron chi connectivity index (χ0n) is 12.2. The van der Waals surface area contributed by atoms with Crippen LogP contribution in [-0.2, 0) is 17.8 Å². The molecule has 1 fully saturated rings. The zero-order valence-corrected chi connectivity index (χ0v) is 13.0. The molecule has 6 nitrogen and oxygen atoms in total. The standard InChI is InChI=1S/C14H21N3O3S/c1-2-11-3-4-12(21-11)9-15-14(20)17-7-5-16(6-8-17)10-13(18)19/h3-4H,2,5-10H2,1H3,(H,15,20)(H,18,19). The molecule has 1 aromatic heterocycles. The second-order valence-corrected chi connectivity index (χ2v) is 6.29. The Bertz CT molecular complexity index is 495. The van der Waals surface area contributed by atoms with Gasteiger partial charge in [0, 0.05) is 35.9 Å². The van der Waals surface area contributed by atoms with E-state index in [0.29, 0.717) is 32.7 Å². The third-order valence-corrected chi connectivity index (χ3v) is 4.73. The van der Waals surface area contributed by atoms with E-state index in [1.165, 1.54) is 4.88 Å². The van der Waals surface area contributed by atoms with Crippen molar-refractivity contribution in [3.05, 3.63) is 21.9 Å². The summed E-state index contributed by atoms with van der Waals surface area (Å²) in [5.41, 5.74) is 0. The van der Waals surface area contributed by atoms with Crippen LogP contribution in [0, 0.1) is 0 Å². The van der Waals surface area contributed by atoms with E-state index < -0.39 is 5.97 Å². The van der Waals surface area contributed by atoms with Gasteiger partial charge in [0.2, 0.25) is 0 Å². The van der Waals surface area contributed by atoms with Crippen LogP contribution in [0.5, 0.6) is 0 Å². The van der Waals surface area contributed by atoms with Crippen molar-refractivity contribution < 1.29 is 14.7 Å².